The number of hydrogen-bond acceptors (Lipinski definition) is 7. The molecule has 0 aromatic rings. The number of hydrogen-bond donors (Lipinski definition) is 0. The minimum absolute atomic E-state index is 0.175. The van der Waals surface area contributed by atoms with Gasteiger partial charge in [-0.15, -0.1) is 0 Å². The van der Waals surface area contributed by atoms with Crippen LogP contribution < -0.4 is 0 Å². The summed E-state index contributed by atoms with van der Waals surface area (Å²) in [5, 5.41) is 0. The molecular formula is C12H22O7. The van der Waals surface area contributed by atoms with Gasteiger partial charge in [0, 0.05) is 13.2 Å². The molecule has 0 aromatic carbocycles. The molecule has 0 spiro atoms. The molecule has 0 N–H and O–H groups in total. The smallest absolute Gasteiger partial charge is 0.332 e. The molecule has 0 unspecified atom stereocenters. The molecule has 0 rings (SSSR count). The van der Waals surface area contributed by atoms with E-state index in [-0.39, 0.29) is 26.4 Å². The van der Waals surface area contributed by atoms with E-state index in [2.05, 4.69) is 0 Å². The third-order valence-corrected chi connectivity index (χ3v) is 1.83. The third kappa shape index (κ3) is 13.1. The highest BCUT2D eigenvalue weighted by Crippen LogP contribution is 1.86. The molecule has 0 amide bonds. The van der Waals surface area contributed by atoms with Gasteiger partial charge in [-0.25, -0.2) is 9.59 Å². The Kier molecular flexibility index (Phi) is 12.4. The van der Waals surface area contributed by atoms with Crippen LogP contribution in [0.15, 0.2) is 0 Å². The lowest BCUT2D eigenvalue weighted by Crippen LogP contribution is -2.20. The Hall–Kier alpha value is -1.18. The Morgan fingerprint density at radius 3 is 1.47 bits per heavy atom. The van der Waals surface area contributed by atoms with Gasteiger partial charge in [-0.3, -0.25) is 0 Å². The highest BCUT2D eigenvalue weighted by Gasteiger charge is 2.07. The van der Waals surface area contributed by atoms with Crippen molar-refractivity contribution in [2.45, 2.75) is 13.8 Å². The largest absolute Gasteiger partial charge is 0.462 e. The van der Waals surface area contributed by atoms with Crippen molar-refractivity contribution in [2.75, 3.05) is 52.9 Å². The Morgan fingerprint density at radius 2 is 1.11 bits per heavy atom. The highest BCUT2D eigenvalue weighted by atomic mass is 16.6. The molecule has 0 aliphatic carbocycles. The molecule has 7 nitrogen and oxygen atoms in total. The fourth-order valence-electron chi connectivity index (χ4n) is 1.02. The second-order valence-electron chi connectivity index (χ2n) is 3.33. The number of carbonyl (C=O) groups is 2. The zero-order valence-corrected chi connectivity index (χ0v) is 11.5. The number of ether oxygens (including phenoxy) is 5. The van der Waals surface area contributed by atoms with Crippen molar-refractivity contribution in [2.24, 2.45) is 0 Å². The van der Waals surface area contributed by atoms with E-state index in [0.717, 1.165) is 0 Å². The Bertz CT molecular complexity index is 218. The topological polar surface area (TPSA) is 80.3 Å². The van der Waals surface area contributed by atoms with E-state index in [0.29, 0.717) is 26.4 Å². The summed E-state index contributed by atoms with van der Waals surface area (Å²) in [6, 6.07) is 0. The van der Waals surface area contributed by atoms with Gasteiger partial charge >= 0.3 is 11.9 Å². The summed E-state index contributed by atoms with van der Waals surface area (Å²) in [4.78, 5) is 22.2. The average molecular weight is 278 g/mol. The monoisotopic (exact) mass is 278 g/mol. The van der Waals surface area contributed by atoms with E-state index in [1.54, 1.807) is 0 Å². The van der Waals surface area contributed by atoms with E-state index in [1.165, 1.54) is 0 Å². The van der Waals surface area contributed by atoms with Gasteiger partial charge in [0.2, 0.25) is 0 Å². The normalized spacial score (nSPS) is 10.2. The summed E-state index contributed by atoms with van der Waals surface area (Å²) < 4.78 is 24.4. The average Bonchev–Trinajstić information content (AvgIpc) is 2.40. The van der Waals surface area contributed by atoms with Crippen molar-refractivity contribution in [1.82, 2.24) is 0 Å². The summed E-state index contributed by atoms with van der Waals surface area (Å²) in [6.07, 6.45) is 0. The summed E-state index contributed by atoms with van der Waals surface area (Å²) in [5.74, 6) is -1.08. The summed E-state index contributed by atoms with van der Waals surface area (Å²) in [6.45, 7) is 5.32. The molecule has 0 heterocycles. The number of esters is 2. The summed E-state index contributed by atoms with van der Waals surface area (Å²) in [7, 11) is 0. The van der Waals surface area contributed by atoms with Crippen LogP contribution in [0, 0.1) is 0 Å². The second-order valence-corrected chi connectivity index (χ2v) is 3.33. The van der Waals surface area contributed by atoms with E-state index in [1.807, 2.05) is 13.8 Å². The molecule has 0 radical (unpaired) electrons. The van der Waals surface area contributed by atoms with Gasteiger partial charge in [-0.2, -0.15) is 0 Å². The maximum Gasteiger partial charge on any atom is 0.332 e. The molecule has 112 valence electrons. The first kappa shape index (κ1) is 17.8. The Morgan fingerprint density at radius 1 is 0.684 bits per heavy atom. The quantitative estimate of drug-likeness (QED) is 0.371. The number of rotatable bonds is 12. The molecular weight excluding hydrogens is 256 g/mol. The molecule has 0 atom stereocenters. The molecule has 0 aromatic heterocycles. The van der Waals surface area contributed by atoms with Gasteiger partial charge in [0.25, 0.3) is 0 Å². The lowest BCUT2D eigenvalue weighted by Gasteiger charge is -2.06. The van der Waals surface area contributed by atoms with Crippen LogP contribution in [0.5, 0.6) is 0 Å². The molecule has 19 heavy (non-hydrogen) atoms. The number of carbonyl (C=O) groups excluding carboxylic acids is 2. The standard InChI is InChI=1S/C12H22O7/c1-3-15-5-7-18-11(13)9-17-10-12(14)19-8-6-16-4-2/h3-10H2,1-2H3. The molecule has 0 aliphatic heterocycles. The molecule has 0 bridgehead atoms. The van der Waals surface area contributed by atoms with Crippen molar-refractivity contribution in [1.29, 1.82) is 0 Å². The first-order valence-electron chi connectivity index (χ1n) is 6.25. The summed E-state index contributed by atoms with van der Waals surface area (Å²) in [5.41, 5.74) is 0. The van der Waals surface area contributed by atoms with Crippen molar-refractivity contribution >= 4 is 11.9 Å². The zero-order chi connectivity index (χ0) is 14.3. The molecule has 0 aliphatic rings. The van der Waals surface area contributed by atoms with E-state index < -0.39 is 11.9 Å². The van der Waals surface area contributed by atoms with Gasteiger partial charge in [0.05, 0.1) is 13.2 Å². The Balaban J connectivity index is 3.35. The van der Waals surface area contributed by atoms with Gasteiger partial charge in [0.15, 0.2) is 0 Å². The maximum atomic E-state index is 11.1. The van der Waals surface area contributed by atoms with Crippen LogP contribution in [-0.2, 0) is 33.3 Å². The van der Waals surface area contributed by atoms with Crippen LogP contribution in [0.1, 0.15) is 13.8 Å². The van der Waals surface area contributed by atoms with Gasteiger partial charge < -0.3 is 23.7 Å². The molecule has 0 fully saturated rings. The summed E-state index contributed by atoms with van der Waals surface area (Å²) >= 11 is 0. The van der Waals surface area contributed by atoms with E-state index >= 15 is 0 Å². The van der Waals surface area contributed by atoms with Crippen molar-refractivity contribution in [3.8, 4) is 0 Å². The molecule has 0 saturated heterocycles. The fourth-order valence-corrected chi connectivity index (χ4v) is 1.02. The first-order chi connectivity index (χ1) is 9.20. The third-order valence-electron chi connectivity index (χ3n) is 1.83. The van der Waals surface area contributed by atoms with Gasteiger partial charge in [-0.1, -0.05) is 0 Å². The van der Waals surface area contributed by atoms with Gasteiger partial charge in [0.1, 0.15) is 26.4 Å². The van der Waals surface area contributed by atoms with Crippen LogP contribution in [0.25, 0.3) is 0 Å². The first-order valence-corrected chi connectivity index (χ1v) is 6.25. The SMILES string of the molecule is CCOCCOC(=O)COCC(=O)OCCOCC. The Labute approximate surface area is 113 Å². The highest BCUT2D eigenvalue weighted by molar-refractivity contribution is 5.73. The van der Waals surface area contributed by atoms with Crippen LogP contribution in [-0.4, -0.2) is 64.8 Å². The lowest BCUT2D eigenvalue weighted by molar-refractivity contribution is -0.157. The fraction of sp³-hybridized carbons (Fsp3) is 0.833. The van der Waals surface area contributed by atoms with E-state index in [9.17, 15) is 9.59 Å². The van der Waals surface area contributed by atoms with Crippen LogP contribution in [0.4, 0.5) is 0 Å². The predicted molar refractivity (Wildman–Crippen MR) is 65.7 cm³/mol. The predicted octanol–water partition coefficient (Wildman–Crippen LogP) is 0.162. The van der Waals surface area contributed by atoms with Crippen LogP contribution in [0.3, 0.4) is 0 Å². The molecule has 0 saturated carbocycles. The van der Waals surface area contributed by atoms with Gasteiger partial charge in [-0.05, 0) is 13.8 Å². The lowest BCUT2D eigenvalue weighted by atomic mass is 10.6. The van der Waals surface area contributed by atoms with Crippen LogP contribution >= 0.6 is 0 Å². The van der Waals surface area contributed by atoms with Crippen molar-refractivity contribution in [3.05, 3.63) is 0 Å². The van der Waals surface area contributed by atoms with Crippen molar-refractivity contribution in [3.63, 3.8) is 0 Å². The van der Waals surface area contributed by atoms with E-state index in [4.69, 9.17) is 23.7 Å². The minimum Gasteiger partial charge on any atom is -0.462 e. The molecule has 7 heteroatoms. The zero-order valence-electron chi connectivity index (χ0n) is 11.5. The maximum absolute atomic E-state index is 11.1. The van der Waals surface area contributed by atoms with Crippen LogP contribution in [0.2, 0.25) is 0 Å². The minimum atomic E-state index is -0.540. The van der Waals surface area contributed by atoms with Crippen molar-refractivity contribution < 1.29 is 33.3 Å². The second kappa shape index (κ2) is 13.3.